The fraction of sp³-hybridized carbons (Fsp3) is 0.400. The average Bonchev–Trinajstić information content (AvgIpc) is 2.93. The van der Waals surface area contributed by atoms with Gasteiger partial charge in [0.05, 0.1) is 16.4 Å². The maximum absolute atomic E-state index is 12.2. The number of H-pyrrole nitrogens is 1. The van der Waals surface area contributed by atoms with Gasteiger partial charge in [0, 0.05) is 24.2 Å². The quantitative estimate of drug-likeness (QED) is 0.740. The third kappa shape index (κ3) is 3.00. The summed E-state index contributed by atoms with van der Waals surface area (Å²) in [5.74, 6) is 0. The number of rotatable bonds is 5. The van der Waals surface area contributed by atoms with Crippen LogP contribution in [0.4, 0.5) is 0 Å². The summed E-state index contributed by atoms with van der Waals surface area (Å²) in [6.07, 6.45) is 1.66. The number of nitrogens with one attached hydrogen (secondary N) is 2. The predicted molar refractivity (Wildman–Crippen MR) is 72.1 cm³/mol. The second-order valence-corrected chi connectivity index (χ2v) is 7.02. The van der Waals surface area contributed by atoms with Gasteiger partial charge >= 0.3 is 0 Å². The van der Waals surface area contributed by atoms with E-state index in [0.717, 1.165) is 9.88 Å². The molecule has 19 heavy (non-hydrogen) atoms. The number of hydrogen-bond donors (Lipinski definition) is 3. The topological polar surface area (TPSA) is 114 Å². The zero-order chi connectivity index (χ0) is 14.0. The number of sulfonamides is 1. The monoisotopic (exact) mass is 301 g/mol. The molecule has 0 aliphatic heterocycles. The normalized spacial score (nSPS) is 11.9. The van der Waals surface area contributed by atoms with Gasteiger partial charge < -0.3 is 5.73 Å². The fourth-order valence-electron chi connectivity index (χ4n) is 1.69. The molecule has 0 unspecified atom stereocenters. The lowest BCUT2D eigenvalue weighted by Crippen LogP contribution is -2.24. The predicted octanol–water partition coefficient (Wildman–Crippen LogP) is 0.420. The minimum Gasteiger partial charge on any atom is -0.325 e. The molecule has 9 heteroatoms. The van der Waals surface area contributed by atoms with E-state index in [0.29, 0.717) is 11.4 Å². The Hall–Kier alpha value is -1.29. The molecule has 0 atom stereocenters. The first-order valence-corrected chi connectivity index (χ1v) is 7.89. The van der Waals surface area contributed by atoms with Crippen LogP contribution in [0, 0.1) is 13.8 Å². The van der Waals surface area contributed by atoms with Crippen molar-refractivity contribution in [2.75, 3.05) is 0 Å². The first kappa shape index (κ1) is 14.1. The second kappa shape index (κ2) is 5.37. The van der Waals surface area contributed by atoms with Crippen LogP contribution in [-0.2, 0) is 23.1 Å². The molecular weight excluding hydrogens is 286 g/mol. The van der Waals surface area contributed by atoms with E-state index in [4.69, 9.17) is 5.73 Å². The van der Waals surface area contributed by atoms with Crippen LogP contribution in [0.25, 0.3) is 0 Å². The Morgan fingerprint density at radius 1 is 1.47 bits per heavy atom. The minimum atomic E-state index is -3.62. The van der Waals surface area contributed by atoms with Gasteiger partial charge in [-0.2, -0.15) is 5.10 Å². The summed E-state index contributed by atoms with van der Waals surface area (Å²) in [6.45, 7) is 3.80. The number of thiazole rings is 1. The van der Waals surface area contributed by atoms with E-state index in [1.165, 1.54) is 11.3 Å². The summed E-state index contributed by atoms with van der Waals surface area (Å²) in [6, 6.07) is 0. The van der Waals surface area contributed by atoms with E-state index in [1.54, 1.807) is 13.1 Å². The number of aromatic nitrogens is 3. The van der Waals surface area contributed by atoms with Crippen molar-refractivity contribution in [2.24, 2.45) is 5.73 Å². The molecule has 0 aliphatic rings. The van der Waals surface area contributed by atoms with Gasteiger partial charge in [-0.05, 0) is 13.8 Å². The van der Waals surface area contributed by atoms with Gasteiger partial charge in [0.1, 0.15) is 4.90 Å². The molecule has 0 aliphatic carbocycles. The molecule has 0 radical (unpaired) electrons. The third-order valence-corrected chi connectivity index (χ3v) is 5.05. The summed E-state index contributed by atoms with van der Waals surface area (Å²) < 4.78 is 27.0. The van der Waals surface area contributed by atoms with E-state index < -0.39 is 10.0 Å². The van der Waals surface area contributed by atoms with Gasteiger partial charge in [-0.25, -0.2) is 18.1 Å². The van der Waals surface area contributed by atoms with Crippen molar-refractivity contribution in [3.05, 3.63) is 27.5 Å². The number of nitrogens with two attached hydrogens (primary N) is 1. The molecule has 7 nitrogen and oxygen atoms in total. The lowest BCUT2D eigenvalue weighted by molar-refractivity contribution is 0.580. The smallest absolute Gasteiger partial charge is 0.244 e. The molecule has 2 heterocycles. The Morgan fingerprint density at radius 3 is 2.79 bits per heavy atom. The van der Waals surface area contributed by atoms with Gasteiger partial charge in [-0.15, -0.1) is 11.3 Å². The lowest BCUT2D eigenvalue weighted by Gasteiger charge is -2.06. The highest BCUT2D eigenvalue weighted by atomic mass is 32.2. The highest BCUT2D eigenvalue weighted by Crippen LogP contribution is 2.18. The zero-order valence-electron chi connectivity index (χ0n) is 10.6. The molecule has 104 valence electrons. The van der Waals surface area contributed by atoms with Crippen LogP contribution >= 0.6 is 11.3 Å². The second-order valence-electron chi connectivity index (χ2n) is 4.00. The highest BCUT2D eigenvalue weighted by molar-refractivity contribution is 7.89. The van der Waals surface area contributed by atoms with Crippen molar-refractivity contribution in [1.29, 1.82) is 0 Å². The molecule has 0 saturated carbocycles. The highest BCUT2D eigenvalue weighted by Gasteiger charge is 2.23. The number of nitrogens with zero attached hydrogens (tertiary/aromatic N) is 2. The van der Waals surface area contributed by atoms with E-state index >= 15 is 0 Å². The SMILES string of the molecule is Cc1ncc(CNS(=O)(=O)c2c(CN)n[nH]c2C)s1. The van der Waals surface area contributed by atoms with E-state index in [1.807, 2.05) is 6.92 Å². The summed E-state index contributed by atoms with van der Waals surface area (Å²) in [4.78, 5) is 5.07. The van der Waals surface area contributed by atoms with Crippen LogP contribution in [0.1, 0.15) is 21.3 Å². The standard InChI is InChI=1S/C10H15N5O2S2/c1-6-10(9(3-11)15-14-6)19(16,17)13-5-8-4-12-7(2)18-8/h4,13H,3,5,11H2,1-2H3,(H,14,15). The summed E-state index contributed by atoms with van der Waals surface area (Å²) in [7, 11) is -3.62. The minimum absolute atomic E-state index is 0.0697. The van der Waals surface area contributed by atoms with Crippen molar-refractivity contribution in [3.8, 4) is 0 Å². The Kier molecular flexibility index (Phi) is 3.99. The van der Waals surface area contributed by atoms with Crippen molar-refractivity contribution < 1.29 is 8.42 Å². The molecule has 0 saturated heterocycles. The van der Waals surface area contributed by atoms with Gasteiger partial charge in [-0.1, -0.05) is 0 Å². The van der Waals surface area contributed by atoms with Crippen LogP contribution in [-0.4, -0.2) is 23.6 Å². The van der Waals surface area contributed by atoms with Crippen LogP contribution in [0.5, 0.6) is 0 Å². The van der Waals surface area contributed by atoms with Gasteiger partial charge in [-0.3, -0.25) is 5.10 Å². The van der Waals surface area contributed by atoms with Crippen LogP contribution in [0.15, 0.2) is 11.1 Å². The summed E-state index contributed by atoms with van der Waals surface area (Å²) in [5.41, 5.74) is 6.31. The Morgan fingerprint density at radius 2 is 2.21 bits per heavy atom. The molecule has 2 aromatic rings. The molecular formula is C10H15N5O2S2. The fourth-order valence-corrected chi connectivity index (χ4v) is 3.89. The van der Waals surface area contributed by atoms with Crippen LogP contribution in [0.2, 0.25) is 0 Å². The summed E-state index contributed by atoms with van der Waals surface area (Å²) in [5, 5.41) is 7.42. The number of hydrogen-bond acceptors (Lipinski definition) is 6. The molecule has 0 amide bonds. The Labute approximate surface area is 115 Å². The number of aromatic amines is 1. The Balaban J connectivity index is 2.20. The van der Waals surface area contributed by atoms with E-state index in [9.17, 15) is 8.42 Å². The van der Waals surface area contributed by atoms with Crippen molar-refractivity contribution in [2.45, 2.75) is 31.8 Å². The average molecular weight is 301 g/mol. The van der Waals surface area contributed by atoms with Crippen LogP contribution in [0.3, 0.4) is 0 Å². The Bertz CT molecular complexity index is 674. The maximum Gasteiger partial charge on any atom is 0.244 e. The number of aryl methyl sites for hydroxylation is 2. The van der Waals surface area contributed by atoms with Crippen molar-refractivity contribution in [1.82, 2.24) is 19.9 Å². The maximum atomic E-state index is 12.2. The van der Waals surface area contributed by atoms with E-state index in [2.05, 4.69) is 19.9 Å². The summed E-state index contributed by atoms with van der Waals surface area (Å²) >= 11 is 1.45. The van der Waals surface area contributed by atoms with Gasteiger partial charge in [0.25, 0.3) is 0 Å². The van der Waals surface area contributed by atoms with Gasteiger partial charge in [0.15, 0.2) is 0 Å². The van der Waals surface area contributed by atoms with Crippen molar-refractivity contribution >= 4 is 21.4 Å². The van der Waals surface area contributed by atoms with E-state index in [-0.39, 0.29) is 18.0 Å². The van der Waals surface area contributed by atoms with Gasteiger partial charge in [0.2, 0.25) is 10.0 Å². The first-order chi connectivity index (χ1) is 8.94. The third-order valence-electron chi connectivity index (χ3n) is 2.53. The largest absolute Gasteiger partial charge is 0.325 e. The van der Waals surface area contributed by atoms with Crippen LogP contribution < -0.4 is 10.5 Å². The first-order valence-electron chi connectivity index (χ1n) is 5.59. The molecule has 0 aromatic carbocycles. The van der Waals surface area contributed by atoms with Crippen molar-refractivity contribution in [3.63, 3.8) is 0 Å². The molecule has 2 aromatic heterocycles. The zero-order valence-corrected chi connectivity index (χ0v) is 12.2. The molecule has 0 fully saturated rings. The lowest BCUT2D eigenvalue weighted by atomic mass is 10.4. The molecule has 0 bridgehead atoms. The molecule has 0 spiro atoms. The molecule has 2 rings (SSSR count). The molecule has 4 N–H and O–H groups in total.